The van der Waals surface area contributed by atoms with Crippen LogP contribution in [0, 0.1) is 0 Å². The Kier molecular flexibility index (Phi) is 9.03. The van der Waals surface area contributed by atoms with Crippen LogP contribution in [0.1, 0.15) is 26.2 Å². The molecule has 4 heteroatoms. The Hall–Kier alpha value is -0.610. The molecule has 0 aliphatic carbocycles. The number of hydrogen-bond acceptors (Lipinski definition) is 4. The van der Waals surface area contributed by atoms with Gasteiger partial charge < -0.3 is 15.2 Å². The maximum Gasteiger partial charge on any atom is 0.308 e. The van der Waals surface area contributed by atoms with Crippen LogP contribution in [0.25, 0.3) is 0 Å². The van der Waals surface area contributed by atoms with Crippen LogP contribution in [0.4, 0.5) is 0 Å². The molecule has 0 aliphatic heterocycles. The number of ether oxygens (including phenoxy) is 2. The van der Waals surface area contributed by atoms with Crippen molar-refractivity contribution in [3.63, 3.8) is 0 Å². The van der Waals surface area contributed by atoms with Crippen LogP contribution in [0.15, 0.2) is 0 Å². The highest BCUT2D eigenvalue weighted by atomic mass is 16.5. The Morgan fingerprint density at radius 3 is 2.69 bits per heavy atom. The summed E-state index contributed by atoms with van der Waals surface area (Å²) in [5.41, 5.74) is 5.20. The molecule has 0 spiro atoms. The molecule has 0 unspecified atom stereocenters. The molecule has 0 saturated carbocycles. The first-order chi connectivity index (χ1) is 6.31. The van der Waals surface area contributed by atoms with Gasteiger partial charge in [0, 0.05) is 6.54 Å². The van der Waals surface area contributed by atoms with Crippen LogP contribution in [-0.2, 0) is 14.3 Å². The molecule has 0 fully saturated rings. The normalized spacial score (nSPS) is 10.0. The summed E-state index contributed by atoms with van der Waals surface area (Å²) in [4.78, 5) is 10.9. The highest BCUT2D eigenvalue weighted by molar-refractivity contribution is 5.69. The Bertz CT molecular complexity index is 128. The van der Waals surface area contributed by atoms with Gasteiger partial charge in [-0.1, -0.05) is 13.3 Å². The van der Waals surface area contributed by atoms with E-state index in [9.17, 15) is 4.79 Å². The van der Waals surface area contributed by atoms with Crippen molar-refractivity contribution in [2.24, 2.45) is 5.73 Å². The lowest BCUT2D eigenvalue weighted by Crippen LogP contribution is -2.13. The van der Waals surface area contributed by atoms with E-state index in [2.05, 4.69) is 6.92 Å². The van der Waals surface area contributed by atoms with Gasteiger partial charge in [0.1, 0.15) is 0 Å². The number of carbonyl (C=O) groups is 1. The SMILES string of the molecule is CCCCOC(=O)CCOCCN. The molecule has 0 radical (unpaired) electrons. The molecular formula is C9H19NO3. The van der Waals surface area contributed by atoms with Crippen molar-refractivity contribution in [2.45, 2.75) is 26.2 Å². The zero-order valence-electron chi connectivity index (χ0n) is 8.25. The smallest absolute Gasteiger partial charge is 0.308 e. The molecule has 0 aromatic heterocycles. The Morgan fingerprint density at radius 1 is 1.31 bits per heavy atom. The van der Waals surface area contributed by atoms with Gasteiger partial charge >= 0.3 is 5.97 Å². The Labute approximate surface area is 79.4 Å². The van der Waals surface area contributed by atoms with Gasteiger partial charge in [0.15, 0.2) is 0 Å². The van der Waals surface area contributed by atoms with Gasteiger partial charge in [0.2, 0.25) is 0 Å². The summed E-state index contributed by atoms with van der Waals surface area (Å²) in [7, 11) is 0. The van der Waals surface area contributed by atoms with E-state index in [0.29, 0.717) is 32.8 Å². The van der Waals surface area contributed by atoms with E-state index in [-0.39, 0.29) is 5.97 Å². The molecule has 0 heterocycles. The molecule has 4 nitrogen and oxygen atoms in total. The highest BCUT2D eigenvalue weighted by Gasteiger charge is 2.01. The van der Waals surface area contributed by atoms with Gasteiger partial charge in [-0.3, -0.25) is 4.79 Å². The summed E-state index contributed by atoms with van der Waals surface area (Å²) in [5, 5.41) is 0. The van der Waals surface area contributed by atoms with Crippen molar-refractivity contribution in [1.29, 1.82) is 0 Å². The van der Waals surface area contributed by atoms with Crippen molar-refractivity contribution in [1.82, 2.24) is 0 Å². The zero-order valence-corrected chi connectivity index (χ0v) is 8.25. The van der Waals surface area contributed by atoms with Crippen LogP contribution in [0.3, 0.4) is 0 Å². The minimum Gasteiger partial charge on any atom is -0.466 e. The first-order valence-corrected chi connectivity index (χ1v) is 4.74. The van der Waals surface area contributed by atoms with Gasteiger partial charge in [-0.05, 0) is 6.42 Å². The average molecular weight is 189 g/mol. The van der Waals surface area contributed by atoms with Crippen molar-refractivity contribution in [2.75, 3.05) is 26.4 Å². The maximum atomic E-state index is 10.9. The third kappa shape index (κ3) is 9.30. The Morgan fingerprint density at radius 2 is 2.08 bits per heavy atom. The van der Waals surface area contributed by atoms with Crippen molar-refractivity contribution in [3.8, 4) is 0 Å². The van der Waals surface area contributed by atoms with Gasteiger partial charge in [-0.15, -0.1) is 0 Å². The minimum absolute atomic E-state index is 0.189. The standard InChI is InChI=1S/C9H19NO3/c1-2-3-6-13-9(11)4-7-12-8-5-10/h2-8,10H2,1H3. The van der Waals surface area contributed by atoms with E-state index >= 15 is 0 Å². The third-order valence-corrected chi connectivity index (χ3v) is 1.47. The van der Waals surface area contributed by atoms with Crippen molar-refractivity contribution < 1.29 is 14.3 Å². The largest absolute Gasteiger partial charge is 0.466 e. The summed E-state index contributed by atoms with van der Waals surface area (Å²) in [5.74, 6) is -0.189. The number of nitrogens with two attached hydrogens (primary N) is 1. The molecule has 2 N–H and O–H groups in total. The summed E-state index contributed by atoms with van der Waals surface area (Å²) in [6, 6.07) is 0. The predicted octanol–water partition coefficient (Wildman–Crippen LogP) is 0.695. The van der Waals surface area contributed by atoms with Crippen LogP contribution < -0.4 is 5.73 Å². The molecule has 13 heavy (non-hydrogen) atoms. The highest BCUT2D eigenvalue weighted by Crippen LogP contribution is 1.92. The lowest BCUT2D eigenvalue weighted by atomic mass is 10.4. The summed E-state index contributed by atoms with van der Waals surface area (Å²) in [6.45, 7) is 3.97. The fourth-order valence-electron chi connectivity index (χ4n) is 0.743. The van der Waals surface area contributed by atoms with Crippen LogP contribution in [0.2, 0.25) is 0 Å². The number of esters is 1. The number of rotatable bonds is 8. The number of unbranched alkanes of at least 4 members (excludes halogenated alkanes) is 1. The Balaban J connectivity index is 3.11. The lowest BCUT2D eigenvalue weighted by molar-refractivity contribution is -0.144. The molecule has 0 aliphatic rings. The minimum atomic E-state index is -0.189. The first-order valence-electron chi connectivity index (χ1n) is 4.74. The van der Waals surface area contributed by atoms with E-state index in [1.165, 1.54) is 0 Å². The number of carbonyl (C=O) groups excluding carboxylic acids is 1. The average Bonchev–Trinajstić information content (AvgIpc) is 2.13. The zero-order chi connectivity index (χ0) is 9.94. The van der Waals surface area contributed by atoms with Crippen LogP contribution in [-0.4, -0.2) is 32.3 Å². The molecule has 0 atom stereocenters. The molecule has 78 valence electrons. The third-order valence-electron chi connectivity index (χ3n) is 1.47. The van der Waals surface area contributed by atoms with Crippen LogP contribution >= 0.6 is 0 Å². The molecule has 0 rings (SSSR count). The topological polar surface area (TPSA) is 61.5 Å². The van der Waals surface area contributed by atoms with E-state index in [1.54, 1.807) is 0 Å². The molecule has 0 aromatic rings. The predicted molar refractivity (Wildman–Crippen MR) is 50.4 cm³/mol. The van der Waals surface area contributed by atoms with E-state index in [0.717, 1.165) is 12.8 Å². The summed E-state index contributed by atoms with van der Waals surface area (Å²) in [6.07, 6.45) is 2.29. The second kappa shape index (κ2) is 9.48. The maximum absolute atomic E-state index is 10.9. The molecule has 0 aromatic carbocycles. The summed E-state index contributed by atoms with van der Waals surface area (Å²) < 4.78 is 9.95. The molecule has 0 bridgehead atoms. The van der Waals surface area contributed by atoms with Crippen molar-refractivity contribution >= 4 is 5.97 Å². The molecule has 0 amide bonds. The van der Waals surface area contributed by atoms with E-state index in [1.807, 2.05) is 0 Å². The fourth-order valence-corrected chi connectivity index (χ4v) is 0.743. The van der Waals surface area contributed by atoms with Gasteiger partial charge in [-0.2, -0.15) is 0 Å². The monoisotopic (exact) mass is 189 g/mol. The van der Waals surface area contributed by atoms with E-state index in [4.69, 9.17) is 15.2 Å². The van der Waals surface area contributed by atoms with Gasteiger partial charge in [-0.25, -0.2) is 0 Å². The summed E-state index contributed by atoms with van der Waals surface area (Å²) >= 11 is 0. The van der Waals surface area contributed by atoms with Crippen LogP contribution in [0.5, 0.6) is 0 Å². The molecular weight excluding hydrogens is 170 g/mol. The lowest BCUT2D eigenvalue weighted by Gasteiger charge is -2.03. The quantitative estimate of drug-likeness (QED) is 0.451. The second-order valence-electron chi connectivity index (χ2n) is 2.73. The molecule has 0 saturated heterocycles. The number of hydrogen-bond donors (Lipinski definition) is 1. The van der Waals surface area contributed by atoms with Crippen molar-refractivity contribution in [3.05, 3.63) is 0 Å². The van der Waals surface area contributed by atoms with Gasteiger partial charge in [0.05, 0.1) is 26.2 Å². The van der Waals surface area contributed by atoms with E-state index < -0.39 is 0 Å². The first kappa shape index (κ1) is 12.4. The van der Waals surface area contributed by atoms with Gasteiger partial charge in [0.25, 0.3) is 0 Å². The second-order valence-corrected chi connectivity index (χ2v) is 2.73. The fraction of sp³-hybridized carbons (Fsp3) is 0.889.